The number of halogens is 1. The van der Waals surface area contributed by atoms with Crippen LogP contribution in [-0.4, -0.2) is 41.2 Å². The molecule has 1 heterocycles. The number of benzene rings is 2. The maximum Gasteiger partial charge on any atom is 0.329 e. The van der Waals surface area contributed by atoms with Crippen LogP contribution in [-0.2, 0) is 23.9 Å². The summed E-state index contributed by atoms with van der Waals surface area (Å²) in [7, 11) is 0. The molecule has 34 heavy (non-hydrogen) atoms. The van der Waals surface area contributed by atoms with E-state index in [2.05, 4.69) is 5.32 Å². The van der Waals surface area contributed by atoms with Gasteiger partial charge in [-0.25, -0.2) is 4.79 Å². The van der Waals surface area contributed by atoms with E-state index in [1.165, 1.54) is 18.7 Å². The zero-order valence-corrected chi connectivity index (χ0v) is 20.0. The number of rotatable bonds is 7. The molecular weight excluding hydrogens is 476 g/mol. The van der Waals surface area contributed by atoms with Crippen molar-refractivity contribution < 1.29 is 23.9 Å². The zero-order valence-electron chi connectivity index (χ0n) is 18.4. The maximum absolute atomic E-state index is 12.7. The van der Waals surface area contributed by atoms with Crippen molar-refractivity contribution in [3.8, 4) is 0 Å². The Labute approximate surface area is 206 Å². The van der Waals surface area contributed by atoms with Crippen LogP contribution in [0.1, 0.15) is 19.8 Å². The highest BCUT2D eigenvalue weighted by molar-refractivity contribution is 7.99. The SMILES string of the molecule is CC(C(=O)OCC(=O)Nc1ccccc1Sc1ccc(Cl)cc1)N1C(=O)C2CC=CCC2C1=O. The Kier molecular flexibility index (Phi) is 7.38. The van der Waals surface area contributed by atoms with E-state index in [0.717, 1.165) is 14.7 Å². The van der Waals surface area contributed by atoms with Gasteiger partial charge in [0, 0.05) is 14.8 Å². The van der Waals surface area contributed by atoms with E-state index < -0.39 is 36.4 Å². The third-order valence-electron chi connectivity index (χ3n) is 5.82. The summed E-state index contributed by atoms with van der Waals surface area (Å²) in [6.45, 7) is 0.909. The van der Waals surface area contributed by atoms with E-state index in [4.69, 9.17) is 16.3 Å². The molecule has 1 fully saturated rings. The summed E-state index contributed by atoms with van der Waals surface area (Å²) >= 11 is 7.39. The molecule has 3 unspecified atom stereocenters. The van der Waals surface area contributed by atoms with Crippen LogP contribution in [0.3, 0.4) is 0 Å². The molecule has 9 heteroatoms. The predicted molar refractivity (Wildman–Crippen MR) is 128 cm³/mol. The Balaban J connectivity index is 1.34. The van der Waals surface area contributed by atoms with Gasteiger partial charge >= 0.3 is 5.97 Å². The number of ether oxygens (including phenoxy) is 1. The summed E-state index contributed by atoms with van der Waals surface area (Å²) in [6.07, 6.45) is 4.74. The minimum atomic E-state index is -1.09. The average Bonchev–Trinajstić information content (AvgIpc) is 3.10. The first-order valence-electron chi connectivity index (χ1n) is 10.9. The number of allylic oxidation sites excluding steroid dienone is 2. The van der Waals surface area contributed by atoms with Crippen molar-refractivity contribution in [2.75, 3.05) is 11.9 Å². The van der Waals surface area contributed by atoms with Crippen LogP contribution in [0.4, 0.5) is 5.69 Å². The fraction of sp³-hybridized carbons (Fsp3) is 0.280. The number of carbonyl (C=O) groups is 4. The quantitative estimate of drug-likeness (QED) is 0.347. The summed E-state index contributed by atoms with van der Waals surface area (Å²) in [5.41, 5.74) is 0.568. The molecule has 0 aromatic heterocycles. The second-order valence-corrected chi connectivity index (χ2v) is 9.64. The zero-order chi connectivity index (χ0) is 24.2. The Morgan fingerprint density at radius 1 is 1.06 bits per heavy atom. The fourth-order valence-corrected chi connectivity index (χ4v) is 5.07. The molecule has 2 aromatic carbocycles. The van der Waals surface area contributed by atoms with Crippen molar-refractivity contribution in [2.24, 2.45) is 11.8 Å². The van der Waals surface area contributed by atoms with Crippen LogP contribution in [0.5, 0.6) is 0 Å². The Bertz CT molecular complexity index is 1120. The third-order valence-corrected chi connectivity index (χ3v) is 7.15. The van der Waals surface area contributed by atoms with E-state index in [-0.39, 0.29) is 11.8 Å². The number of likely N-dealkylation sites (tertiary alicyclic amines) is 1. The number of hydrogen-bond acceptors (Lipinski definition) is 6. The van der Waals surface area contributed by atoms with Crippen LogP contribution in [0.25, 0.3) is 0 Å². The van der Waals surface area contributed by atoms with Crippen molar-refractivity contribution in [1.29, 1.82) is 0 Å². The minimum absolute atomic E-state index is 0.360. The number of hydrogen-bond donors (Lipinski definition) is 1. The van der Waals surface area contributed by atoms with E-state index >= 15 is 0 Å². The van der Waals surface area contributed by atoms with E-state index in [1.807, 2.05) is 36.4 Å². The largest absolute Gasteiger partial charge is 0.454 e. The van der Waals surface area contributed by atoms with Gasteiger partial charge in [-0.3, -0.25) is 19.3 Å². The monoisotopic (exact) mass is 498 g/mol. The van der Waals surface area contributed by atoms with Crippen LogP contribution in [0.2, 0.25) is 5.02 Å². The van der Waals surface area contributed by atoms with Gasteiger partial charge < -0.3 is 10.1 Å². The van der Waals surface area contributed by atoms with Gasteiger partial charge in [-0.2, -0.15) is 0 Å². The molecular formula is C25H23ClN2O5S. The summed E-state index contributed by atoms with van der Waals surface area (Å²) in [5.74, 6) is -2.90. The first-order chi connectivity index (χ1) is 16.3. The van der Waals surface area contributed by atoms with Gasteiger partial charge in [-0.1, -0.05) is 47.6 Å². The Morgan fingerprint density at radius 3 is 2.32 bits per heavy atom. The number of anilines is 1. The number of imide groups is 1. The fourth-order valence-electron chi connectivity index (χ4n) is 4.05. The second-order valence-electron chi connectivity index (χ2n) is 8.09. The minimum Gasteiger partial charge on any atom is -0.454 e. The van der Waals surface area contributed by atoms with Crippen molar-refractivity contribution in [2.45, 2.75) is 35.6 Å². The number of nitrogens with zero attached hydrogens (tertiary/aromatic N) is 1. The average molecular weight is 499 g/mol. The molecule has 0 spiro atoms. The van der Waals surface area contributed by atoms with Crippen molar-refractivity contribution >= 4 is 52.7 Å². The molecule has 3 amide bonds. The Morgan fingerprint density at radius 2 is 1.68 bits per heavy atom. The first-order valence-corrected chi connectivity index (χ1v) is 12.1. The predicted octanol–water partition coefficient (Wildman–Crippen LogP) is 4.31. The van der Waals surface area contributed by atoms with Crippen molar-refractivity contribution in [3.05, 3.63) is 65.7 Å². The van der Waals surface area contributed by atoms with Crippen LogP contribution in [0, 0.1) is 11.8 Å². The molecule has 2 aliphatic rings. The van der Waals surface area contributed by atoms with Gasteiger partial charge in [0.1, 0.15) is 6.04 Å². The molecule has 1 aliphatic heterocycles. The molecule has 1 N–H and O–H groups in total. The highest BCUT2D eigenvalue weighted by atomic mass is 35.5. The van der Waals surface area contributed by atoms with Gasteiger partial charge in [0.2, 0.25) is 11.8 Å². The number of esters is 1. The summed E-state index contributed by atoms with van der Waals surface area (Å²) < 4.78 is 5.14. The van der Waals surface area contributed by atoms with E-state index in [9.17, 15) is 19.2 Å². The number of carbonyl (C=O) groups excluding carboxylic acids is 4. The normalized spacial score (nSPS) is 20.1. The smallest absolute Gasteiger partial charge is 0.329 e. The topological polar surface area (TPSA) is 92.8 Å². The lowest BCUT2D eigenvalue weighted by Crippen LogP contribution is -2.45. The number of para-hydroxylation sites is 1. The van der Waals surface area contributed by atoms with Gasteiger partial charge in [-0.15, -0.1) is 0 Å². The second kappa shape index (κ2) is 10.4. The lowest BCUT2D eigenvalue weighted by molar-refractivity contribution is -0.159. The van der Waals surface area contributed by atoms with Gasteiger partial charge in [-0.05, 0) is 56.2 Å². The number of nitrogens with one attached hydrogen (secondary N) is 1. The molecule has 1 aliphatic carbocycles. The highest BCUT2D eigenvalue weighted by Gasteiger charge is 2.50. The molecule has 2 aromatic rings. The molecule has 0 radical (unpaired) electrons. The van der Waals surface area contributed by atoms with E-state index in [1.54, 1.807) is 24.3 Å². The van der Waals surface area contributed by atoms with Crippen LogP contribution >= 0.6 is 23.4 Å². The highest BCUT2D eigenvalue weighted by Crippen LogP contribution is 2.36. The molecule has 0 saturated carbocycles. The van der Waals surface area contributed by atoms with Crippen LogP contribution in [0.15, 0.2) is 70.5 Å². The van der Waals surface area contributed by atoms with Gasteiger partial charge in [0.25, 0.3) is 5.91 Å². The molecule has 4 rings (SSSR count). The lowest BCUT2D eigenvalue weighted by Gasteiger charge is -2.21. The summed E-state index contributed by atoms with van der Waals surface area (Å²) in [4.78, 5) is 53.1. The Hall–Kier alpha value is -3.10. The molecule has 3 atom stereocenters. The summed E-state index contributed by atoms with van der Waals surface area (Å²) in [6, 6.07) is 13.5. The molecule has 1 saturated heterocycles. The van der Waals surface area contributed by atoms with Crippen molar-refractivity contribution in [3.63, 3.8) is 0 Å². The van der Waals surface area contributed by atoms with Gasteiger partial charge in [0.05, 0.1) is 17.5 Å². The van der Waals surface area contributed by atoms with Crippen LogP contribution < -0.4 is 5.32 Å². The number of amides is 3. The first kappa shape index (κ1) is 24.0. The molecule has 176 valence electrons. The molecule has 0 bridgehead atoms. The lowest BCUT2D eigenvalue weighted by atomic mass is 9.85. The molecule has 7 nitrogen and oxygen atoms in total. The van der Waals surface area contributed by atoms with E-state index in [0.29, 0.717) is 23.6 Å². The standard InChI is InChI=1S/C25H23ClN2O5S/c1-15(28-23(30)18-6-2-3-7-19(18)24(28)31)25(32)33-14-22(29)27-20-8-4-5-9-21(20)34-17-12-10-16(26)11-13-17/h2-5,8-13,15,18-19H,6-7,14H2,1H3,(H,27,29). The van der Waals surface area contributed by atoms with Gasteiger partial charge in [0.15, 0.2) is 6.61 Å². The van der Waals surface area contributed by atoms with Crippen molar-refractivity contribution in [1.82, 2.24) is 4.90 Å². The number of fused-ring (bicyclic) bond motifs is 1. The maximum atomic E-state index is 12.7. The summed E-state index contributed by atoms with van der Waals surface area (Å²) in [5, 5.41) is 3.38. The third kappa shape index (κ3) is 5.18.